The lowest BCUT2D eigenvalue weighted by atomic mass is 11.2. The van der Waals surface area contributed by atoms with Crippen molar-refractivity contribution in [1.82, 2.24) is 0 Å². The minimum absolute atomic E-state index is 0.800. The maximum atomic E-state index is 5.95. The van der Waals surface area contributed by atoms with Crippen molar-refractivity contribution in [2.45, 2.75) is 0 Å². The molecular formula is C5H8BrClSi. The molecule has 0 nitrogen and oxygen atoms in total. The van der Waals surface area contributed by atoms with Gasteiger partial charge in [-0.05, 0) is 0 Å². The van der Waals surface area contributed by atoms with E-state index in [0.717, 1.165) is 4.95 Å². The summed E-state index contributed by atoms with van der Waals surface area (Å²) in [5.41, 5.74) is 3.58. The fourth-order valence-corrected chi connectivity index (χ4v) is 1.95. The largest absolute Gasteiger partial charge is 0.212 e. The average molecular weight is 212 g/mol. The summed E-state index contributed by atoms with van der Waals surface area (Å²) in [6, 6.07) is 0. The second-order valence-corrected chi connectivity index (χ2v) is 8.20. The molecule has 0 N–H and O–H groups in total. The quantitative estimate of drug-likeness (QED) is 0.382. The monoisotopic (exact) mass is 210 g/mol. The third-order valence-electron chi connectivity index (χ3n) is 0.883. The molecular weight excluding hydrogens is 203 g/mol. The van der Waals surface area contributed by atoms with Gasteiger partial charge < -0.3 is 0 Å². The van der Waals surface area contributed by atoms with Crippen molar-refractivity contribution in [2.24, 2.45) is 0 Å². The average Bonchev–Trinajstić information content (AvgIpc) is 1.87. The van der Waals surface area contributed by atoms with Gasteiger partial charge in [0.1, 0.15) is 0 Å². The standard InChI is InChI=1S/C5H8BrClSi/c1-3-8(7,4-2)5-6/h3-4H,1-2,5H2. The third kappa shape index (κ3) is 2.16. The zero-order chi connectivity index (χ0) is 6.62. The van der Waals surface area contributed by atoms with E-state index in [4.69, 9.17) is 11.1 Å². The molecule has 0 heterocycles. The van der Waals surface area contributed by atoms with Gasteiger partial charge in [-0.2, -0.15) is 11.1 Å². The Morgan fingerprint density at radius 3 is 1.88 bits per heavy atom. The summed E-state index contributed by atoms with van der Waals surface area (Å²) in [4.78, 5) is 0.800. The van der Waals surface area contributed by atoms with Gasteiger partial charge in [0.05, 0.1) is 0 Å². The molecule has 0 saturated carbocycles. The summed E-state index contributed by atoms with van der Waals surface area (Å²) in [5.74, 6) is 0. The number of alkyl halides is 1. The van der Waals surface area contributed by atoms with Crippen LogP contribution in [-0.4, -0.2) is 12.3 Å². The Bertz CT molecular complexity index is 94.6. The van der Waals surface area contributed by atoms with Crippen molar-refractivity contribution in [3.63, 3.8) is 0 Å². The molecule has 0 atom stereocenters. The molecule has 0 saturated heterocycles. The van der Waals surface area contributed by atoms with Gasteiger partial charge in [-0.1, -0.05) is 27.3 Å². The fourth-order valence-electron chi connectivity index (χ4n) is 0.192. The van der Waals surface area contributed by atoms with Gasteiger partial charge in [0.15, 0.2) is 0 Å². The van der Waals surface area contributed by atoms with E-state index in [9.17, 15) is 0 Å². The lowest BCUT2D eigenvalue weighted by Gasteiger charge is -2.08. The highest BCUT2D eigenvalue weighted by molar-refractivity contribution is 9.09. The molecule has 0 spiro atoms. The third-order valence-corrected chi connectivity index (χ3v) is 7.73. The molecule has 3 heteroatoms. The van der Waals surface area contributed by atoms with Crippen LogP contribution < -0.4 is 0 Å². The lowest BCUT2D eigenvalue weighted by Crippen LogP contribution is -2.23. The molecule has 0 aliphatic carbocycles. The Morgan fingerprint density at radius 1 is 1.50 bits per heavy atom. The molecule has 0 aliphatic heterocycles. The molecule has 0 fully saturated rings. The topological polar surface area (TPSA) is 0 Å². The number of halogens is 2. The van der Waals surface area contributed by atoms with E-state index in [1.807, 2.05) is 0 Å². The highest BCUT2D eigenvalue weighted by Gasteiger charge is 2.19. The zero-order valence-corrected chi connectivity index (χ0v) is 7.87. The highest BCUT2D eigenvalue weighted by atomic mass is 79.9. The van der Waals surface area contributed by atoms with E-state index in [1.54, 1.807) is 11.4 Å². The number of rotatable bonds is 3. The van der Waals surface area contributed by atoms with Crippen LogP contribution in [0.15, 0.2) is 24.6 Å². The van der Waals surface area contributed by atoms with Crippen LogP contribution in [0.2, 0.25) is 0 Å². The van der Waals surface area contributed by atoms with Crippen LogP contribution in [0.25, 0.3) is 0 Å². The lowest BCUT2D eigenvalue weighted by molar-refractivity contribution is 2.03. The van der Waals surface area contributed by atoms with Crippen molar-refractivity contribution in [1.29, 1.82) is 0 Å². The number of hydrogen-bond donors (Lipinski definition) is 0. The van der Waals surface area contributed by atoms with Gasteiger partial charge in [-0.15, -0.1) is 13.2 Å². The van der Waals surface area contributed by atoms with Gasteiger partial charge in [-0.3, -0.25) is 0 Å². The summed E-state index contributed by atoms with van der Waals surface area (Å²) >= 11 is 9.23. The van der Waals surface area contributed by atoms with Crippen molar-refractivity contribution in [3.05, 3.63) is 24.6 Å². The normalized spacial score (nSPS) is 10.8. The Labute approximate surface area is 64.1 Å². The molecule has 0 aromatic carbocycles. The molecule has 0 aromatic rings. The van der Waals surface area contributed by atoms with E-state index in [-0.39, 0.29) is 0 Å². The highest BCUT2D eigenvalue weighted by Crippen LogP contribution is 2.13. The van der Waals surface area contributed by atoms with E-state index >= 15 is 0 Å². The van der Waals surface area contributed by atoms with Crippen LogP contribution in [0.1, 0.15) is 0 Å². The molecule has 0 rings (SSSR count). The minimum atomic E-state index is -1.75. The van der Waals surface area contributed by atoms with Crippen molar-refractivity contribution in [2.75, 3.05) is 4.95 Å². The molecule has 0 amide bonds. The zero-order valence-electron chi connectivity index (χ0n) is 4.53. The van der Waals surface area contributed by atoms with E-state index in [1.165, 1.54) is 0 Å². The Hall–Kier alpha value is 0.467. The Kier molecular flexibility index (Phi) is 3.69. The van der Waals surface area contributed by atoms with E-state index in [0.29, 0.717) is 0 Å². The van der Waals surface area contributed by atoms with Gasteiger partial charge >= 0.3 is 0 Å². The smallest absolute Gasteiger partial charge is 0.155 e. The maximum Gasteiger partial charge on any atom is 0.212 e. The summed E-state index contributed by atoms with van der Waals surface area (Å²) in [7, 11) is -1.75. The van der Waals surface area contributed by atoms with Crippen molar-refractivity contribution < 1.29 is 0 Å². The van der Waals surface area contributed by atoms with Crippen LogP contribution in [0.5, 0.6) is 0 Å². The maximum absolute atomic E-state index is 5.95. The van der Waals surface area contributed by atoms with Crippen LogP contribution in [-0.2, 0) is 0 Å². The summed E-state index contributed by atoms with van der Waals surface area (Å²) in [6.07, 6.45) is 0. The molecule has 8 heavy (non-hydrogen) atoms. The predicted octanol–water partition coefficient (Wildman–Crippen LogP) is 2.56. The Morgan fingerprint density at radius 2 is 1.88 bits per heavy atom. The van der Waals surface area contributed by atoms with Crippen LogP contribution in [0.3, 0.4) is 0 Å². The number of hydrogen-bond acceptors (Lipinski definition) is 0. The molecule has 0 radical (unpaired) electrons. The Balaban J connectivity index is 3.96. The summed E-state index contributed by atoms with van der Waals surface area (Å²) < 4.78 is 0. The first kappa shape index (κ1) is 8.47. The van der Waals surface area contributed by atoms with Crippen LogP contribution >= 0.6 is 27.0 Å². The predicted molar refractivity (Wildman–Crippen MR) is 45.8 cm³/mol. The fraction of sp³-hybridized carbons (Fsp3) is 0.200. The van der Waals surface area contributed by atoms with E-state index < -0.39 is 7.38 Å². The minimum Gasteiger partial charge on any atom is -0.155 e. The molecule has 0 aliphatic rings. The van der Waals surface area contributed by atoms with Gasteiger partial charge in [0, 0.05) is 4.95 Å². The summed E-state index contributed by atoms with van der Waals surface area (Å²) in [6.45, 7) is 7.21. The van der Waals surface area contributed by atoms with Gasteiger partial charge in [-0.25, -0.2) is 0 Å². The first-order valence-electron chi connectivity index (χ1n) is 2.20. The summed E-state index contributed by atoms with van der Waals surface area (Å²) in [5, 5.41) is 0. The van der Waals surface area contributed by atoms with Crippen molar-refractivity contribution >= 4 is 34.4 Å². The van der Waals surface area contributed by atoms with Gasteiger partial charge in [0.2, 0.25) is 7.38 Å². The molecule has 0 unspecified atom stereocenters. The second-order valence-electron chi connectivity index (χ2n) is 1.47. The molecule has 0 aromatic heterocycles. The van der Waals surface area contributed by atoms with E-state index in [2.05, 4.69) is 29.1 Å². The van der Waals surface area contributed by atoms with Gasteiger partial charge in [0.25, 0.3) is 0 Å². The SMILES string of the molecule is C=C[Si](Cl)(C=C)CBr. The molecule has 46 valence electrons. The van der Waals surface area contributed by atoms with Crippen LogP contribution in [0, 0.1) is 0 Å². The van der Waals surface area contributed by atoms with Crippen LogP contribution in [0.4, 0.5) is 0 Å². The first-order chi connectivity index (χ1) is 3.68. The second kappa shape index (κ2) is 3.48. The first-order valence-corrected chi connectivity index (χ1v) is 6.70. The molecule has 0 bridgehead atoms. The van der Waals surface area contributed by atoms with Crippen molar-refractivity contribution in [3.8, 4) is 0 Å².